The van der Waals surface area contributed by atoms with Gasteiger partial charge in [-0.15, -0.1) is 0 Å². The first-order valence-electron chi connectivity index (χ1n) is 13.0. The van der Waals surface area contributed by atoms with E-state index in [4.69, 9.17) is 25.7 Å². The molecule has 4 atom stereocenters. The van der Waals surface area contributed by atoms with Crippen molar-refractivity contribution in [3.8, 4) is 0 Å². The van der Waals surface area contributed by atoms with Gasteiger partial charge in [-0.05, 0) is 47.5 Å². The second-order valence-corrected chi connectivity index (χ2v) is 12.4. The number of primary amides is 1. The average molecular weight is 610 g/mol. The van der Waals surface area contributed by atoms with Gasteiger partial charge in [0.05, 0.1) is 23.4 Å². The number of ether oxygens (including phenoxy) is 3. The number of amides is 2. The monoisotopic (exact) mass is 609 g/mol. The summed E-state index contributed by atoms with van der Waals surface area (Å²) in [6.45, 7) is 1.44. The Morgan fingerprint density at radius 2 is 1.86 bits per heavy atom. The van der Waals surface area contributed by atoms with Gasteiger partial charge >= 0.3 is 12.2 Å². The van der Waals surface area contributed by atoms with E-state index in [1.165, 1.54) is 18.9 Å². The highest BCUT2D eigenvalue weighted by atomic mass is 33.1. The predicted molar refractivity (Wildman–Crippen MR) is 151 cm³/mol. The van der Waals surface area contributed by atoms with E-state index in [0.717, 1.165) is 15.5 Å². The zero-order chi connectivity index (χ0) is 29.8. The molecule has 1 aromatic carbocycles. The van der Waals surface area contributed by atoms with Crippen LogP contribution in [0.25, 0.3) is 0 Å². The van der Waals surface area contributed by atoms with Gasteiger partial charge in [0, 0.05) is 35.9 Å². The first kappa shape index (κ1) is 28.1. The lowest BCUT2D eigenvalue weighted by Gasteiger charge is -2.40. The van der Waals surface area contributed by atoms with Crippen molar-refractivity contribution in [3.05, 3.63) is 76.8 Å². The number of carbonyl (C=O) groups is 4. The maximum atomic E-state index is 13.3. The van der Waals surface area contributed by atoms with Crippen LogP contribution < -0.4 is 11.5 Å². The fourth-order valence-corrected chi connectivity index (χ4v) is 7.91. The molecule has 0 bridgehead atoms. The summed E-state index contributed by atoms with van der Waals surface area (Å²) >= 11 is 0. The Hall–Kier alpha value is -4.01. The molecule has 1 aromatic heterocycles. The van der Waals surface area contributed by atoms with Crippen LogP contribution in [-0.2, 0) is 30.4 Å². The van der Waals surface area contributed by atoms with E-state index >= 15 is 0 Å². The molecule has 2 amide bonds. The fraction of sp³-hybridized carbons (Fsp3) is 0.321. The lowest BCUT2D eigenvalue weighted by Crippen LogP contribution is -2.56. The van der Waals surface area contributed by atoms with Crippen molar-refractivity contribution in [3.63, 3.8) is 0 Å². The van der Waals surface area contributed by atoms with E-state index in [-0.39, 0.29) is 48.3 Å². The highest BCUT2D eigenvalue weighted by molar-refractivity contribution is 8.76. The third-order valence-electron chi connectivity index (χ3n) is 8.05. The van der Waals surface area contributed by atoms with Gasteiger partial charge in [-0.1, -0.05) is 29.0 Å². The van der Waals surface area contributed by atoms with Crippen molar-refractivity contribution in [2.45, 2.75) is 41.3 Å². The number of fused-ring (bicyclic) bond motifs is 4. The van der Waals surface area contributed by atoms with Crippen molar-refractivity contribution in [1.29, 1.82) is 0 Å². The average Bonchev–Trinajstić information content (AvgIpc) is 3.51. The number of nitrogens with two attached hydrogens (primary N) is 2. The Balaban J connectivity index is 1.15. The number of piperazine rings is 1. The molecule has 218 valence electrons. The van der Waals surface area contributed by atoms with Gasteiger partial charge in [0.15, 0.2) is 5.72 Å². The van der Waals surface area contributed by atoms with E-state index in [1.807, 2.05) is 42.5 Å². The summed E-state index contributed by atoms with van der Waals surface area (Å²) in [6, 6.07) is 12.5. The molecule has 0 radical (unpaired) electrons. The first-order valence-corrected chi connectivity index (χ1v) is 15.2. The summed E-state index contributed by atoms with van der Waals surface area (Å²) in [6.07, 6.45) is 0.143. The summed E-state index contributed by atoms with van der Waals surface area (Å²) in [4.78, 5) is 59.9. The van der Waals surface area contributed by atoms with Crippen molar-refractivity contribution in [1.82, 2.24) is 14.8 Å². The van der Waals surface area contributed by atoms with Gasteiger partial charge in [0.1, 0.15) is 24.3 Å². The zero-order valence-corrected chi connectivity index (χ0v) is 24.3. The quantitative estimate of drug-likeness (QED) is 0.255. The summed E-state index contributed by atoms with van der Waals surface area (Å²) < 4.78 is 16.8. The molecule has 2 fully saturated rings. The van der Waals surface area contributed by atoms with Gasteiger partial charge in [-0.2, -0.15) is 0 Å². The summed E-state index contributed by atoms with van der Waals surface area (Å²) in [5.41, 5.74) is 10.9. The molecular weight excluding hydrogens is 582 g/mol. The standard InChI is InChI=1S/C28H27N5O7S2/c1-14-21(29)24(35)20-17(13-39-26(30)36)28(38-2)25-18(11-32(28)22(20)23(14)34)33(25)27(37)40-12-15-6-8-16(9-7-15)41-42-19-5-3-4-10-31-19/h3-10,17-18,25H,11-13,29H2,1-2H3,(H2,30,36)/t17-,18+,25+,28-,33?/m1/s1. The predicted octanol–water partition coefficient (Wildman–Crippen LogP) is 2.59. The number of rotatable bonds is 8. The first-order chi connectivity index (χ1) is 20.2. The minimum Gasteiger partial charge on any atom is -0.449 e. The molecule has 4 aliphatic rings. The number of ketones is 2. The van der Waals surface area contributed by atoms with Crippen molar-refractivity contribution in [2.75, 3.05) is 20.3 Å². The van der Waals surface area contributed by atoms with Crippen molar-refractivity contribution < 1.29 is 33.4 Å². The minimum atomic E-state index is -1.34. The molecule has 3 aliphatic heterocycles. The van der Waals surface area contributed by atoms with E-state index in [0.29, 0.717) is 0 Å². The van der Waals surface area contributed by atoms with Crippen LogP contribution in [0.2, 0.25) is 0 Å². The number of pyridine rings is 1. The van der Waals surface area contributed by atoms with Crippen molar-refractivity contribution >= 4 is 45.3 Å². The molecule has 6 rings (SSSR count). The number of allylic oxidation sites excluding steroid dienone is 2. The van der Waals surface area contributed by atoms with Crippen LogP contribution in [0.5, 0.6) is 0 Å². The van der Waals surface area contributed by atoms with Gasteiger partial charge < -0.3 is 30.6 Å². The largest absolute Gasteiger partial charge is 0.449 e. The van der Waals surface area contributed by atoms with Gasteiger partial charge in [-0.3, -0.25) is 14.5 Å². The number of benzene rings is 1. The number of hydrogen-bond donors (Lipinski definition) is 2. The van der Waals surface area contributed by atoms with Crippen LogP contribution >= 0.6 is 21.6 Å². The third-order valence-corrected chi connectivity index (χ3v) is 10.3. The number of hydrogen-bond acceptors (Lipinski definition) is 12. The van der Waals surface area contributed by atoms with Gasteiger partial charge in [-0.25, -0.2) is 14.6 Å². The number of carbonyl (C=O) groups excluding carboxylic acids is 4. The smallest absolute Gasteiger partial charge is 0.410 e. The second-order valence-electron chi connectivity index (χ2n) is 10.2. The highest BCUT2D eigenvalue weighted by Crippen LogP contribution is 2.59. The van der Waals surface area contributed by atoms with Crippen LogP contribution in [0, 0.1) is 5.92 Å². The minimum absolute atomic E-state index is 0.0520. The number of Topliss-reactive ketones (excluding diaryl/α,β-unsaturated/α-hetero) is 2. The molecule has 0 spiro atoms. The van der Waals surface area contributed by atoms with E-state index in [2.05, 4.69) is 4.98 Å². The van der Waals surface area contributed by atoms with E-state index in [9.17, 15) is 19.2 Å². The second kappa shape index (κ2) is 10.7. The zero-order valence-electron chi connectivity index (χ0n) is 22.6. The summed E-state index contributed by atoms with van der Waals surface area (Å²) in [5.74, 6) is -1.84. The molecule has 0 saturated carbocycles. The Kier molecular flexibility index (Phi) is 7.15. The van der Waals surface area contributed by atoms with Crippen molar-refractivity contribution in [2.24, 2.45) is 17.4 Å². The molecule has 2 aromatic rings. The van der Waals surface area contributed by atoms with Crippen LogP contribution in [-0.4, -0.2) is 76.6 Å². The Labute approximate surface area is 248 Å². The lowest BCUT2D eigenvalue weighted by molar-refractivity contribution is -0.144. The summed E-state index contributed by atoms with van der Waals surface area (Å²) in [7, 11) is 4.55. The number of nitrogens with zero attached hydrogens (tertiary/aromatic N) is 3. The number of aromatic nitrogens is 1. The molecule has 42 heavy (non-hydrogen) atoms. The van der Waals surface area contributed by atoms with Crippen LogP contribution in [0.1, 0.15) is 12.5 Å². The molecule has 12 nitrogen and oxygen atoms in total. The summed E-state index contributed by atoms with van der Waals surface area (Å²) in [5, 5.41) is 0.905. The van der Waals surface area contributed by atoms with E-state index < -0.39 is 41.4 Å². The molecular formula is C28H27N5O7S2. The fourth-order valence-electron chi connectivity index (χ4n) is 6.07. The Morgan fingerprint density at radius 1 is 1.10 bits per heavy atom. The molecule has 2 saturated heterocycles. The van der Waals surface area contributed by atoms with Gasteiger partial charge in [0.25, 0.3) is 0 Å². The van der Waals surface area contributed by atoms with Gasteiger partial charge in [0.2, 0.25) is 11.6 Å². The molecule has 0 unspecified atom stereocenters. The molecule has 4 heterocycles. The molecule has 14 heteroatoms. The maximum absolute atomic E-state index is 13.3. The number of methoxy groups -OCH3 is 1. The normalized spacial score (nSPS) is 25.8. The lowest BCUT2D eigenvalue weighted by atomic mass is 9.82. The Morgan fingerprint density at radius 3 is 2.52 bits per heavy atom. The Bertz CT molecular complexity index is 1550. The SMILES string of the molecule is CO[C@@]12[C@H](COC(N)=O)C3=C(C(=O)C(C)=C(N)C3=O)N1C[C@H]1[C@@H]2N1C(=O)OCc1ccc(SSc2ccccn2)cc1. The van der Waals surface area contributed by atoms with Crippen LogP contribution in [0.15, 0.2) is 81.1 Å². The third kappa shape index (κ3) is 4.41. The van der Waals surface area contributed by atoms with Crippen LogP contribution in [0.3, 0.4) is 0 Å². The molecule has 4 N–H and O–H groups in total. The van der Waals surface area contributed by atoms with Crippen LogP contribution in [0.4, 0.5) is 9.59 Å². The molecule has 1 aliphatic carbocycles. The van der Waals surface area contributed by atoms with E-state index in [1.54, 1.807) is 32.7 Å². The highest BCUT2D eigenvalue weighted by Gasteiger charge is 2.78. The maximum Gasteiger partial charge on any atom is 0.410 e. The topological polar surface area (TPSA) is 167 Å².